The second kappa shape index (κ2) is 5.99. The van der Waals surface area contributed by atoms with Crippen LogP contribution in [0.15, 0.2) is 12.2 Å². The number of hydrogen-bond donors (Lipinski definition) is 0. The topological polar surface area (TPSA) is 72.9 Å². The zero-order chi connectivity index (χ0) is 16.8. The zero-order valence-electron chi connectivity index (χ0n) is 13.8. The van der Waals surface area contributed by atoms with Crippen molar-refractivity contribution in [2.45, 2.75) is 44.3 Å². The summed E-state index contributed by atoms with van der Waals surface area (Å²) in [5.74, 6) is -1.12. The lowest BCUT2D eigenvalue weighted by molar-refractivity contribution is -0.164. The van der Waals surface area contributed by atoms with Crippen LogP contribution in [-0.2, 0) is 23.9 Å². The Morgan fingerprint density at radius 2 is 1.67 bits per heavy atom. The fourth-order valence-electron chi connectivity index (χ4n) is 4.92. The van der Waals surface area contributed by atoms with Crippen molar-refractivity contribution in [2.24, 2.45) is 23.7 Å². The molecular weight excluding hydrogens is 310 g/mol. The van der Waals surface area contributed by atoms with E-state index >= 15 is 0 Å². The average Bonchev–Trinajstić information content (AvgIpc) is 3.25. The van der Waals surface area contributed by atoms with Crippen LogP contribution < -0.4 is 0 Å². The minimum Gasteiger partial charge on any atom is -0.458 e. The fourth-order valence-corrected chi connectivity index (χ4v) is 4.92. The zero-order valence-corrected chi connectivity index (χ0v) is 13.8. The summed E-state index contributed by atoms with van der Waals surface area (Å²) in [6.07, 6.45) is 8.32. The summed E-state index contributed by atoms with van der Waals surface area (Å²) in [6, 6.07) is 0. The summed E-state index contributed by atoms with van der Waals surface area (Å²) in [5, 5.41) is 0. The van der Waals surface area contributed by atoms with E-state index in [9.17, 15) is 14.4 Å². The van der Waals surface area contributed by atoms with E-state index in [1.165, 1.54) is 0 Å². The molecule has 1 heterocycles. The summed E-state index contributed by atoms with van der Waals surface area (Å²) < 4.78 is 10.9. The van der Waals surface area contributed by atoms with Gasteiger partial charge in [0.1, 0.15) is 12.6 Å². The van der Waals surface area contributed by atoms with Crippen LogP contribution in [0, 0.1) is 23.7 Å². The second-order valence-corrected chi connectivity index (χ2v) is 7.35. The molecule has 3 fully saturated rings. The van der Waals surface area contributed by atoms with Crippen molar-refractivity contribution in [1.29, 1.82) is 0 Å². The van der Waals surface area contributed by atoms with Crippen molar-refractivity contribution in [3.8, 4) is 0 Å². The smallest absolute Gasteiger partial charge is 0.326 e. The number of allylic oxidation sites excluding steroid dienone is 2. The number of carbonyl (C=O) groups is 3. The molecule has 1 aliphatic heterocycles. The molecule has 1 saturated heterocycles. The van der Waals surface area contributed by atoms with Gasteiger partial charge >= 0.3 is 5.97 Å². The molecule has 4 rings (SSSR count). The molecule has 6 nitrogen and oxygen atoms in total. The minimum atomic E-state index is -0.508. The predicted molar refractivity (Wildman–Crippen MR) is 83.6 cm³/mol. The minimum absolute atomic E-state index is 0.0906. The molecule has 0 radical (unpaired) electrons. The van der Waals surface area contributed by atoms with Crippen LogP contribution in [0.4, 0.5) is 0 Å². The molecule has 130 valence electrons. The molecule has 3 aliphatic carbocycles. The van der Waals surface area contributed by atoms with Crippen molar-refractivity contribution in [1.82, 2.24) is 4.90 Å². The molecule has 24 heavy (non-hydrogen) atoms. The van der Waals surface area contributed by atoms with Crippen LogP contribution in [0.5, 0.6) is 0 Å². The van der Waals surface area contributed by atoms with E-state index in [1.807, 2.05) is 12.2 Å². The Kier molecular flexibility index (Phi) is 3.95. The Labute approximate surface area is 141 Å². The molecule has 4 aliphatic rings. The van der Waals surface area contributed by atoms with E-state index in [4.69, 9.17) is 9.47 Å². The number of nitrogens with zero attached hydrogens (tertiary/aromatic N) is 1. The molecule has 0 aromatic heterocycles. The summed E-state index contributed by atoms with van der Waals surface area (Å²) >= 11 is 0. The monoisotopic (exact) mass is 333 g/mol. The number of esters is 1. The Morgan fingerprint density at radius 1 is 1.08 bits per heavy atom. The van der Waals surface area contributed by atoms with Crippen LogP contribution in [0.1, 0.15) is 32.1 Å². The van der Waals surface area contributed by atoms with E-state index in [2.05, 4.69) is 0 Å². The Balaban J connectivity index is 1.40. The van der Waals surface area contributed by atoms with Crippen LogP contribution in [0.2, 0.25) is 0 Å². The number of methoxy groups -OCH3 is 1. The number of carbonyl (C=O) groups excluding carboxylic acids is 3. The third kappa shape index (κ3) is 2.39. The Hall–Kier alpha value is -1.69. The first kappa shape index (κ1) is 15.8. The van der Waals surface area contributed by atoms with Crippen LogP contribution in [-0.4, -0.2) is 48.5 Å². The van der Waals surface area contributed by atoms with Gasteiger partial charge in [0.05, 0.1) is 17.9 Å². The van der Waals surface area contributed by atoms with Gasteiger partial charge in [0, 0.05) is 7.11 Å². The second-order valence-electron chi connectivity index (χ2n) is 7.35. The molecular formula is C18H23NO5. The lowest BCUT2D eigenvalue weighted by Gasteiger charge is -2.30. The highest BCUT2D eigenvalue weighted by atomic mass is 16.6. The molecule has 0 unspecified atom stereocenters. The lowest BCUT2D eigenvalue weighted by Crippen LogP contribution is -2.41. The molecule has 0 aromatic carbocycles. The number of amides is 2. The summed E-state index contributed by atoms with van der Waals surface area (Å²) in [4.78, 5) is 38.5. The van der Waals surface area contributed by atoms with Crippen molar-refractivity contribution in [2.75, 3.05) is 13.7 Å². The molecule has 6 heteroatoms. The van der Waals surface area contributed by atoms with Gasteiger partial charge in [-0.2, -0.15) is 0 Å². The van der Waals surface area contributed by atoms with E-state index in [1.54, 1.807) is 7.11 Å². The molecule has 2 amide bonds. The first-order valence-electron chi connectivity index (χ1n) is 8.86. The van der Waals surface area contributed by atoms with Gasteiger partial charge in [-0.3, -0.25) is 19.3 Å². The largest absolute Gasteiger partial charge is 0.458 e. The van der Waals surface area contributed by atoms with Crippen molar-refractivity contribution in [3.63, 3.8) is 0 Å². The molecule has 0 N–H and O–H groups in total. The first-order chi connectivity index (χ1) is 11.6. The van der Waals surface area contributed by atoms with E-state index in [0.717, 1.165) is 37.0 Å². The van der Waals surface area contributed by atoms with Crippen LogP contribution in [0.3, 0.4) is 0 Å². The normalized spacial score (nSPS) is 40.3. The van der Waals surface area contributed by atoms with Gasteiger partial charge in [0.15, 0.2) is 0 Å². The highest BCUT2D eigenvalue weighted by molar-refractivity contribution is 6.08. The van der Waals surface area contributed by atoms with Gasteiger partial charge in [-0.1, -0.05) is 18.6 Å². The number of imide groups is 1. The highest BCUT2D eigenvalue weighted by Gasteiger charge is 2.59. The van der Waals surface area contributed by atoms with Crippen LogP contribution in [0.25, 0.3) is 0 Å². The highest BCUT2D eigenvalue weighted by Crippen LogP contribution is 2.52. The summed E-state index contributed by atoms with van der Waals surface area (Å²) in [6.45, 7) is -0.267. The van der Waals surface area contributed by atoms with Gasteiger partial charge in [-0.25, -0.2) is 0 Å². The predicted octanol–water partition coefficient (Wildman–Crippen LogP) is 1.29. The number of fused-ring (bicyclic) bond motifs is 5. The standard InChI is InChI=1S/C18H23NO5/c1-23-12-4-2-3-5-13(12)24-14(20)9-19-17(21)15-10-6-7-11(8-10)16(15)18(19)22/h6-7,10-13,15-16H,2-5,8-9H2,1H3/t10-,11-,12+,13+,15-,16+/m0/s1. The fraction of sp³-hybridized carbons (Fsp3) is 0.722. The SMILES string of the molecule is CO[C@@H]1CCCC[C@H]1OC(=O)CN1C(=O)[C@@H]2[C@H](C1=O)[C@H]1C=C[C@H]2C1. The van der Waals surface area contributed by atoms with Crippen molar-refractivity contribution < 1.29 is 23.9 Å². The number of likely N-dealkylation sites (tertiary alicyclic amines) is 1. The molecule has 2 saturated carbocycles. The molecule has 6 atom stereocenters. The first-order valence-corrected chi connectivity index (χ1v) is 8.86. The van der Waals surface area contributed by atoms with Crippen molar-refractivity contribution >= 4 is 17.8 Å². The molecule has 2 bridgehead atoms. The number of hydrogen-bond acceptors (Lipinski definition) is 5. The lowest BCUT2D eigenvalue weighted by atomic mass is 9.85. The van der Waals surface area contributed by atoms with Gasteiger partial charge < -0.3 is 9.47 Å². The molecule has 0 spiro atoms. The maximum atomic E-state index is 12.6. The van der Waals surface area contributed by atoms with E-state index in [-0.39, 0.29) is 54.2 Å². The Bertz CT molecular complexity index is 570. The van der Waals surface area contributed by atoms with Gasteiger partial charge in [0.25, 0.3) is 0 Å². The van der Waals surface area contributed by atoms with Crippen LogP contribution >= 0.6 is 0 Å². The quantitative estimate of drug-likeness (QED) is 0.440. The maximum absolute atomic E-state index is 12.6. The molecule has 0 aromatic rings. The van der Waals surface area contributed by atoms with Crippen molar-refractivity contribution in [3.05, 3.63) is 12.2 Å². The number of rotatable bonds is 4. The third-order valence-electron chi connectivity index (χ3n) is 6.08. The van der Waals surface area contributed by atoms with E-state index < -0.39 is 5.97 Å². The Morgan fingerprint density at radius 3 is 2.25 bits per heavy atom. The van der Waals surface area contributed by atoms with Gasteiger partial charge in [-0.05, 0) is 37.5 Å². The van der Waals surface area contributed by atoms with E-state index in [0.29, 0.717) is 0 Å². The van der Waals surface area contributed by atoms with Gasteiger partial charge in [-0.15, -0.1) is 0 Å². The summed E-state index contributed by atoms with van der Waals surface area (Å²) in [5.41, 5.74) is 0. The van der Waals surface area contributed by atoms with Gasteiger partial charge in [0.2, 0.25) is 11.8 Å². The number of ether oxygens (including phenoxy) is 2. The third-order valence-corrected chi connectivity index (χ3v) is 6.08. The average molecular weight is 333 g/mol. The summed E-state index contributed by atoms with van der Waals surface area (Å²) in [7, 11) is 1.62. The maximum Gasteiger partial charge on any atom is 0.326 e.